The van der Waals surface area contributed by atoms with Gasteiger partial charge in [-0.2, -0.15) is 0 Å². The SMILES string of the molecule is Cc1ccc2c(c1)CCC2(C)C. The molecule has 0 aliphatic heterocycles. The first-order valence-corrected chi connectivity index (χ1v) is 4.70. The third-order valence-corrected chi connectivity index (χ3v) is 3.01. The zero-order valence-corrected chi connectivity index (χ0v) is 8.15. The van der Waals surface area contributed by atoms with E-state index in [4.69, 9.17) is 0 Å². The van der Waals surface area contributed by atoms with Crippen LogP contribution < -0.4 is 0 Å². The fraction of sp³-hybridized carbons (Fsp3) is 0.500. The Kier molecular flexibility index (Phi) is 1.54. The highest BCUT2D eigenvalue weighted by Crippen LogP contribution is 2.38. The summed E-state index contributed by atoms with van der Waals surface area (Å²) in [6.45, 7) is 6.86. The van der Waals surface area contributed by atoms with Crippen molar-refractivity contribution in [2.45, 2.75) is 39.0 Å². The minimum atomic E-state index is 0.420. The highest BCUT2D eigenvalue weighted by molar-refractivity contribution is 5.40. The molecule has 0 N–H and O–H groups in total. The van der Waals surface area contributed by atoms with Gasteiger partial charge in [0.1, 0.15) is 0 Å². The summed E-state index contributed by atoms with van der Waals surface area (Å²) in [5.74, 6) is 0. The van der Waals surface area contributed by atoms with E-state index in [0.717, 1.165) is 0 Å². The molecule has 0 saturated carbocycles. The van der Waals surface area contributed by atoms with E-state index in [1.807, 2.05) is 0 Å². The number of fused-ring (bicyclic) bond motifs is 1. The Balaban J connectivity index is 2.55. The first-order valence-electron chi connectivity index (χ1n) is 4.70. The molecule has 0 heterocycles. The van der Waals surface area contributed by atoms with Gasteiger partial charge >= 0.3 is 0 Å². The van der Waals surface area contributed by atoms with Gasteiger partial charge in [0, 0.05) is 0 Å². The fourth-order valence-corrected chi connectivity index (χ4v) is 2.17. The monoisotopic (exact) mass is 160 g/mol. The molecular weight excluding hydrogens is 144 g/mol. The van der Waals surface area contributed by atoms with Crippen LogP contribution in [0.5, 0.6) is 0 Å². The van der Waals surface area contributed by atoms with Crippen molar-refractivity contribution in [2.24, 2.45) is 0 Å². The van der Waals surface area contributed by atoms with Gasteiger partial charge in [-0.25, -0.2) is 0 Å². The lowest BCUT2D eigenvalue weighted by molar-refractivity contribution is 0.522. The summed E-state index contributed by atoms with van der Waals surface area (Å²) in [5, 5.41) is 0. The highest BCUT2D eigenvalue weighted by Gasteiger charge is 2.28. The summed E-state index contributed by atoms with van der Waals surface area (Å²) in [5.41, 5.74) is 4.95. The Hall–Kier alpha value is -0.780. The van der Waals surface area contributed by atoms with Crippen molar-refractivity contribution in [3.8, 4) is 0 Å². The summed E-state index contributed by atoms with van der Waals surface area (Å²) in [6, 6.07) is 6.87. The molecule has 12 heavy (non-hydrogen) atoms. The fourth-order valence-electron chi connectivity index (χ4n) is 2.17. The van der Waals surface area contributed by atoms with Gasteiger partial charge in [-0.05, 0) is 36.3 Å². The van der Waals surface area contributed by atoms with E-state index in [0.29, 0.717) is 5.41 Å². The van der Waals surface area contributed by atoms with Crippen LogP contribution in [0.3, 0.4) is 0 Å². The maximum atomic E-state index is 2.34. The lowest BCUT2D eigenvalue weighted by Gasteiger charge is -2.18. The van der Waals surface area contributed by atoms with Crippen molar-refractivity contribution in [3.63, 3.8) is 0 Å². The van der Waals surface area contributed by atoms with Gasteiger partial charge in [0.05, 0.1) is 0 Å². The molecule has 0 amide bonds. The van der Waals surface area contributed by atoms with Gasteiger partial charge in [-0.1, -0.05) is 37.6 Å². The molecule has 64 valence electrons. The average Bonchev–Trinajstić information content (AvgIpc) is 2.27. The van der Waals surface area contributed by atoms with Crippen LogP contribution in [0.4, 0.5) is 0 Å². The molecule has 1 aromatic rings. The van der Waals surface area contributed by atoms with Crippen LogP contribution in [0.25, 0.3) is 0 Å². The molecular formula is C12H16. The molecule has 0 aromatic heterocycles. The van der Waals surface area contributed by atoms with E-state index < -0.39 is 0 Å². The van der Waals surface area contributed by atoms with Gasteiger partial charge in [-0.15, -0.1) is 0 Å². The van der Waals surface area contributed by atoms with Crippen LogP contribution in [-0.4, -0.2) is 0 Å². The zero-order valence-electron chi connectivity index (χ0n) is 8.15. The topological polar surface area (TPSA) is 0 Å². The highest BCUT2D eigenvalue weighted by atomic mass is 14.3. The predicted octanol–water partition coefficient (Wildman–Crippen LogP) is 3.22. The standard InChI is InChI=1S/C12H16/c1-9-4-5-11-10(8-9)6-7-12(11,2)3/h4-5,8H,6-7H2,1-3H3. The Morgan fingerprint density at radius 1 is 1.25 bits per heavy atom. The average molecular weight is 160 g/mol. The van der Waals surface area contributed by atoms with E-state index in [1.165, 1.54) is 18.4 Å². The molecule has 0 atom stereocenters. The lowest BCUT2D eigenvalue weighted by atomic mass is 9.86. The minimum Gasteiger partial charge on any atom is -0.0590 e. The quantitative estimate of drug-likeness (QED) is 0.546. The second-order valence-corrected chi connectivity index (χ2v) is 4.54. The molecule has 1 aliphatic rings. The number of hydrogen-bond acceptors (Lipinski definition) is 0. The largest absolute Gasteiger partial charge is 0.0590 e. The van der Waals surface area contributed by atoms with Crippen molar-refractivity contribution in [2.75, 3.05) is 0 Å². The first kappa shape index (κ1) is 7.85. The molecule has 0 heteroatoms. The molecule has 1 aromatic carbocycles. The molecule has 0 spiro atoms. The number of rotatable bonds is 0. The van der Waals surface area contributed by atoms with Crippen molar-refractivity contribution in [1.29, 1.82) is 0 Å². The van der Waals surface area contributed by atoms with Gasteiger partial charge in [0.15, 0.2) is 0 Å². The predicted molar refractivity (Wildman–Crippen MR) is 52.5 cm³/mol. The van der Waals surface area contributed by atoms with E-state index in [1.54, 1.807) is 11.1 Å². The number of benzene rings is 1. The molecule has 0 fully saturated rings. The van der Waals surface area contributed by atoms with Gasteiger partial charge in [0.25, 0.3) is 0 Å². The minimum absolute atomic E-state index is 0.420. The van der Waals surface area contributed by atoms with Crippen molar-refractivity contribution >= 4 is 0 Å². The van der Waals surface area contributed by atoms with Crippen LogP contribution in [0.1, 0.15) is 37.0 Å². The van der Waals surface area contributed by atoms with E-state index in [2.05, 4.69) is 39.0 Å². The molecule has 0 saturated heterocycles. The maximum absolute atomic E-state index is 2.34. The molecule has 2 rings (SSSR count). The van der Waals surface area contributed by atoms with Crippen LogP contribution in [-0.2, 0) is 11.8 Å². The van der Waals surface area contributed by atoms with E-state index >= 15 is 0 Å². The van der Waals surface area contributed by atoms with Gasteiger partial charge < -0.3 is 0 Å². The van der Waals surface area contributed by atoms with Gasteiger partial charge in [0.2, 0.25) is 0 Å². The summed E-state index contributed by atoms with van der Waals surface area (Å²) in [7, 11) is 0. The Morgan fingerprint density at radius 2 is 2.00 bits per heavy atom. The molecule has 0 bridgehead atoms. The Bertz CT molecular complexity index is 308. The second-order valence-electron chi connectivity index (χ2n) is 4.54. The smallest absolute Gasteiger partial charge is 0.00977 e. The van der Waals surface area contributed by atoms with Crippen molar-refractivity contribution in [3.05, 3.63) is 34.9 Å². The summed E-state index contributed by atoms with van der Waals surface area (Å²) < 4.78 is 0. The zero-order chi connectivity index (χ0) is 8.77. The normalized spacial score (nSPS) is 19.2. The van der Waals surface area contributed by atoms with Crippen LogP contribution in [0.15, 0.2) is 18.2 Å². The Labute approximate surface area is 74.6 Å². The van der Waals surface area contributed by atoms with Crippen LogP contribution >= 0.6 is 0 Å². The van der Waals surface area contributed by atoms with Crippen LogP contribution in [0, 0.1) is 6.92 Å². The first-order chi connectivity index (χ1) is 5.59. The molecule has 0 nitrogen and oxygen atoms in total. The number of hydrogen-bond donors (Lipinski definition) is 0. The lowest BCUT2D eigenvalue weighted by Crippen LogP contribution is -2.11. The number of aryl methyl sites for hydroxylation is 2. The van der Waals surface area contributed by atoms with E-state index in [-0.39, 0.29) is 0 Å². The van der Waals surface area contributed by atoms with Crippen molar-refractivity contribution in [1.82, 2.24) is 0 Å². The van der Waals surface area contributed by atoms with Crippen LogP contribution in [0.2, 0.25) is 0 Å². The second kappa shape index (κ2) is 2.35. The molecule has 0 unspecified atom stereocenters. The van der Waals surface area contributed by atoms with Gasteiger partial charge in [-0.3, -0.25) is 0 Å². The third-order valence-electron chi connectivity index (χ3n) is 3.01. The summed E-state index contributed by atoms with van der Waals surface area (Å²) in [6.07, 6.45) is 2.58. The summed E-state index contributed by atoms with van der Waals surface area (Å²) >= 11 is 0. The third kappa shape index (κ3) is 1.06. The maximum Gasteiger partial charge on any atom is -0.00977 e. The Morgan fingerprint density at radius 3 is 2.75 bits per heavy atom. The van der Waals surface area contributed by atoms with Crippen molar-refractivity contribution < 1.29 is 0 Å². The molecule has 0 radical (unpaired) electrons. The molecule has 1 aliphatic carbocycles. The summed E-state index contributed by atoms with van der Waals surface area (Å²) in [4.78, 5) is 0. The van der Waals surface area contributed by atoms with E-state index in [9.17, 15) is 0 Å².